The lowest BCUT2D eigenvalue weighted by Crippen LogP contribution is -2.24. The third-order valence-electron chi connectivity index (χ3n) is 3.13. The summed E-state index contributed by atoms with van der Waals surface area (Å²) in [6.45, 7) is 8.27. The van der Waals surface area contributed by atoms with Gasteiger partial charge in [-0.25, -0.2) is 0 Å². The van der Waals surface area contributed by atoms with Crippen LogP contribution in [0, 0.1) is 0 Å². The lowest BCUT2D eigenvalue weighted by Gasteiger charge is -2.18. The molecule has 1 unspecified atom stereocenters. The first-order valence-electron chi connectivity index (χ1n) is 6.74. The summed E-state index contributed by atoms with van der Waals surface area (Å²) in [5.74, 6) is 0. The van der Waals surface area contributed by atoms with Crippen molar-refractivity contribution < 1.29 is 0 Å². The zero-order valence-electron chi connectivity index (χ0n) is 11.6. The summed E-state index contributed by atoms with van der Waals surface area (Å²) in [5.41, 5.74) is 2.41. The Labute approximate surface area is 127 Å². The van der Waals surface area contributed by atoms with Crippen molar-refractivity contribution in [2.24, 2.45) is 0 Å². The summed E-state index contributed by atoms with van der Waals surface area (Å²) < 4.78 is 3.28. The van der Waals surface area contributed by atoms with Crippen LogP contribution in [-0.2, 0) is 13.0 Å². The maximum absolute atomic E-state index is 4.66. The van der Waals surface area contributed by atoms with E-state index in [0.29, 0.717) is 0 Å². The van der Waals surface area contributed by atoms with Crippen LogP contribution in [0.15, 0.2) is 22.0 Å². The van der Waals surface area contributed by atoms with Crippen molar-refractivity contribution in [2.45, 2.75) is 39.8 Å². The summed E-state index contributed by atoms with van der Waals surface area (Å²) in [4.78, 5) is 1.32. The van der Waals surface area contributed by atoms with Crippen LogP contribution in [0.3, 0.4) is 0 Å². The van der Waals surface area contributed by atoms with Crippen LogP contribution in [0.25, 0.3) is 0 Å². The molecule has 2 heterocycles. The van der Waals surface area contributed by atoms with Crippen molar-refractivity contribution in [2.75, 3.05) is 6.54 Å². The van der Waals surface area contributed by atoms with Crippen molar-refractivity contribution >= 4 is 27.3 Å². The molecule has 3 nitrogen and oxygen atoms in total. The molecule has 0 aliphatic rings. The Balaban J connectivity index is 2.44. The van der Waals surface area contributed by atoms with Gasteiger partial charge in [-0.05, 0) is 53.3 Å². The molecular formula is C14H20BrN3S. The van der Waals surface area contributed by atoms with Gasteiger partial charge in [-0.2, -0.15) is 5.10 Å². The highest BCUT2D eigenvalue weighted by atomic mass is 79.9. The topological polar surface area (TPSA) is 29.9 Å². The molecule has 0 fully saturated rings. The molecule has 0 aliphatic heterocycles. The highest BCUT2D eigenvalue weighted by molar-refractivity contribution is 9.10. The number of rotatable bonds is 6. The summed E-state index contributed by atoms with van der Waals surface area (Å²) in [7, 11) is 0. The Morgan fingerprint density at radius 2 is 2.21 bits per heavy atom. The maximum atomic E-state index is 4.66. The monoisotopic (exact) mass is 341 g/mol. The van der Waals surface area contributed by atoms with Gasteiger partial charge in [0.15, 0.2) is 0 Å². The standard InChI is InChI=1S/C14H20BrN3S/c1-4-10-9-12(18(6-3)17-10)13(16-5-2)14-11(15)7-8-19-14/h7-9,13,16H,4-6H2,1-3H3. The zero-order valence-corrected chi connectivity index (χ0v) is 14.0. The minimum atomic E-state index is 0.215. The van der Waals surface area contributed by atoms with Crippen molar-refractivity contribution in [3.8, 4) is 0 Å². The number of hydrogen-bond acceptors (Lipinski definition) is 3. The molecule has 2 rings (SSSR count). The van der Waals surface area contributed by atoms with Gasteiger partial charge in [0.05, 0.1) is 17.4 Å². The Morgan fingerprint density at radius 1 is 1.42 bits per heavy atom. The van der Waals surface area contributed by atoms with Crippen molar-refractivity contribution in [3.63, 3.8) is 0 Å². The van der Waals surface area contributed by atoms with Gasteiger partial charge in [-0.15, -0.1) is 11.3 Å². The van der Waals surface area contributed by atoms with Crippen LogP contribution in [0.2, 0.25) is 0 Å². The van der Waals surface area contributed by atoms with Gasteiger partial charge in [0.2, 0.25) is 0 Å². The Bertz CT molecular complexity index is 533. The quantitative estimate of drug-likeness (QED) is 0.860. The number of thiophene rings is 1. The number of hydrogen-bond donors (Lipinski definition) is 1. The maximum Gasteiger partial charge on any atom is 0.0853 e. The van der Waals surface area contributed by atoms with E-state index in [1.165, 1.54) is 15.0 Å². The van der Waals surface area contributed by atoms with E-state index in [0.717, 1.165) is 25.2 Å². The average molecular weight is 342 g/mol. The minimum Gasteiger partial charge on any atom is -0.305 e. The van der Waals surface area contributed by atoms with E-state index >= 15 is 0 Å². The fourth-order valence-electron chi connectivity index (χ4n) is 2.19. The fraction of sp³-hybridized carbons (Fsp3) is 0.500. The van der Waals surface area contributed by atoms with Gasteiger partial charge < -0.3 is 5.32 Å². The van der Waals surface area contributed by atoms with Gasteiger partial charge in [0.1, 0.15) is 0 Å². The average Bonchev–Trinajstić information content (AvgIpc) is 3.02. The molecule has 0 amide bonds. The largest absolute Gasteiger partial charge is 0.305 e. The molecule has 0 bridgehead atoms. The molecule has 2 aromatic rings. The SMILES string of the molecule is CCNC(c1sccc1Br)c1cc(CC)nn1CC. The summed E-state index contributed by atoms with van der Waals surface area (Å²) in [6, 6.07) is 4.55. The van der Waals surface area contributed by atoms with E-state index in [9.17, 15) is 0 Å². The van der Waals surface area contributed by atoms with Crippen LogP contribution in [0.1, 0.15) is 43.1 Å². The predicted molar refractivity (Wildman–Crippen MR) is 84.8 cm³/mol. The van der Waals surface area contributed by atoms with Gasteiger partial charge in [-0.3, -0.25) is 4.68 Å². The molecular weight excluding hydrogens is 322 g/mol. The van der Waals surface area contributed by atoms with E-state index in [1.807, 2.05) is 0 Å². The van der Waals surface area contributed by atoms with Crippen molar-refractivity contribution in [1.82, 2.24) is 15.1 Å². The second-order valence-corrected chi connectivity index (χ2v) is 6.16. The zero-order chi connectivity index (χ0) is 13.8. The molecule has 1 atom stereocenters. The molecule has 5 heteroatoms. The number of nitrogens with zero attached hydrogens (tertiary/aromatic N) is 2. The molecule has 0 spiro atoms. The number of halogens is 1. The van der Waals surface area contributed by atoms with E-state index < -0.39 is 0 Å². The van der Waals surface area contributed by atoms with Crippen molar-refractivity contribution in [1.29, 1.82) is 0 Å². The van der Waals surface area contributed by atoms with E-state index in [1.54, 1.807) is 11.3 Å². The lowest BCUT2D eigenvalue weighted by molar-refractivity contribution is 0.544. The Morgan fingerprint density at radius 3 is 2.74 bits per heavy atom. The van der Waals surface area contributed by atoms with E-state index in [4.69, 9.17) is 0 Å². The first-order chi connectivity index (χ1) is 9.21. The normalized spacial score (nSPS) is 12.8. The Kier molecular flexibility index (Phi) is 5.19. The molecule has 0 radical (unpaired) electrons. The number of aryl methyl sites for hydroxylation is 2. The molecule has 2 aromatic heterocycles. The molecule has 0 saturated carbocycles. The van der Waals surface area contributed by atoms with Gasteiger partial charge in [-0.1, -0.05) is 13.8 Å². The first kappa shape index (κ1) is 14.8. The molecule has 0 saturated heterocycles. The fourth-order valence-corrected chi connectivity index (χ4v) is 3.88. The lowest BCUT2D eigenvalue weighted by atomic mass is 10.1. The van der Waals surface area contributed by atoms with Crippen LogP contribution in [0.4, 0.5) is 0 Å². The van der Waals surface area contributed by atoms with Crippen LogP contribution in [-0.4, -0.2) is 16.3 Å². The molecule has 0 aliphatic carbocycles. The molecule has 1 N–H and O–H groups in total. The second-order valence-electron chi connectivity index (χ2n) is 4.35. The van der Waals surface area contributed by atoms with Gasteiger partial charge in [0.25, 0.3) is 0 Å². The van der Waals surface area contributed by atoms with Crippen molar-refractivity contribution in [3.05, 3.63) is 38.3 Å². The summed E-state index contributed by atoms with van der Waals surface area (Å²) >= 11 is 5.42. The predicted octanol–water partition coefficient (Wildman–Crippen LogP) is 3.99. The van der Waals surface area contributed by atoms with E-state index in [2.05, 4.69) is 69.3 Å². The summed E-state index contributed by atoms with van der Waals surface area (Å²) in [5, 5.41) is 10.4. The molecule has 19 heavy (non-hydrogen) atoms. The summed E-state index contributed by atoms with van der Waals surface area (Å²) in [6.07, 6.45) is 0.977. The molecule has 104 valence electrons. The third-order valence-corrected chi connectivity index (χ3v) is 5.07. The first-order valence-corrected chi connectivity index (χ1v) is 8.41. The smallest absolute Gasteiger partial charge is 0.0853 e. The third kappa shape index (κ3) is 3.09. The van der Waals surface area contributed by atoms with Crippen LogP contribution >= 0.6 is 27.3 Å². The van der Waals surface area contributed by atoms with Crippen LogP contribution < -0.4 is 5.32 Å². The number of aromatic nitrogens is 2. The van der Waals surface area contributed by atoms with E-state index in [-0.39, 0.29) is 6.04 Å². The van der Waals surface area contributed by atoms with Gasteiger partial charge in [0, 0.05) is 15.9 Å². The highest BCUT2D eigenvalue weighted by Crippen LogP contribution is 2.33. The van der Waals surface area contributed by atoms with Gasteiger partial charge >= 0.3 is 0 Å². The highest BCUT2D eigenvalue weighted by Gasteiger charge is 2.21. The Hall–Kier alpha value is -0.650. The van der Waals surface area contributed by atoms with Crippen LogP contribution in [0.5, 0.6) is 0 Å². The second kappa shape index (κ2) is 6.68. The molecule has 0 aromatic carbocycles. The number of nitrogens with one attached hydrogen (secondary N) is 1. The minimum absolute atomic E-state index is 0.215.